The molecule has 2 atom stereocenters. The number of hydrogen-bond acceptors (Lipinski definition) is 1. The van der Waals surface area contributed by atoms with Crippen LogP contribution in [0.15, 0.2) is 54.6 Å². The fourth-order valence-corrected chi connectivity index (χ4v) is 2.87. The summed E-state index contributed by atoms with van der Waals surface area (Å²) in [7, 11) is 0. The summed E-state index contributed by atoms with van der Waals surface area (Å²) in [6, 6.07) is 19.6. The Balaban J connectivity index is 1.84. The van der Waals surface area contributed by atoms with Gasteiger partial charge in [-0.3, -0.25) is 0 Å². The third kappa shape index (κ3) is 1.85. The summed E-state index contributed by atoms with van der Waals surface area (Å²) >= 11 is 0. The zero-order chi connectivity index (χ0) is 12.6. The van der Waals surface area contributed by atoms with Crippen molar-refractivity contribution in [3.63, 3.8) is 0 Å². The zero-order valence-corrected chi connectivity index (χ0v) is 10.8. The maximum atomic E-state index is 5.64. The van der Waals surface area contributed by atoms with Crippen LogP contribution in [-0.4, -0.2) is 0 Å². The van der Waals surface area contributed by atoms with Crippen molar-refractivity contribution < 1.29 is 0 Å². The molecule has 0 aromatic heterocycles. The molecule has 1 aliphatic rings. The zero-order valence-electron chi connectivity index (χ0n) is 10.8. The van der Waals surface area contributed by atoms with Crippen molar-refractivity contribution in [3.05, 3.63) is 71.3 Å². The number of rotatable bonds is 3. The minimum absolute atomic E-state index is 0.325. The molecular formula is C17H19N. The molecule has 1 fully saturated rings. The summed E-state index contributed by atoms with van der Waals surface area (Å²) in [5, 5.41) is 0. The second-order valence-corrected chi connectivity index (χ2v) is 5.49. The van der Waals surface area contributed by atoms with Gasteiger partial charge >= 0.3 is 0 Å². The van der Waals surface area contributed by atoms with Crippen LogP contribution in [0.3, 0.4) is 0 Å². The van der Waals surface area contributed by atoms with E-state index in [2.05, 4.69) is 61.5 Å². The van der Waals surface area contributed by atoms with Crippen molar-refractivity contribution in [2.75, 3.05) is 0 Å². The summed E-state index contributed by atoms with van der Waals surface area (Å²) in [4.78, 5) is 0. The first-order chi connectivity index (χ1) is 8.74. The first-order valence-corrected chi connectivity index (χ1v) is 6.58. The van der Waals surface area contributed by atoms with Crippen molar-refractivity contribution in [3.8, 4) is 0 Å². The third-order valence-corrected chi connectivity index (χ3v) is 4.29. The molecule has 0 amide bonds. The second kappa shape index (κ2) is 4.25. The van der Waals surface area contributed by atoms with Crippen LogP contribution in [0, 0.1) is 0 Å². The molecule has 0 radical (unpaired) electrons. The van der Waals surface area contributed by atoms with Gasteiger partial charge in [-0.05, 0) is 34.4 Å². The van der Waals surface area contributed by atoms with Gasteiger partial charge in [0.15, 0.2) is 0 Å². The highest BCUT2D eigenvalue weighted by Gasteiger charge is 2.51. The van der Waals surface area contributed by atoms with Crippen LogP contribution < -0.4 is 5.73 Å². The van der Waals surface area contributed by atoms with E-state index in [4.69, 9.17) is 5.73 Å². The SMILES string of the molecule is CC1(c2ccccc2)CC1c1ccc(CN)cc1. The highest BCUT2D eigenvalue weighted by Crippen LogP contribution is 2.60. The molecule has 92 valence electrons. The molecule has 18 heavy (non-hydrogen) atoms. The molecule has 2 N–H and O–H groups in total. The Bertz CT molecular complexity index is 529. The summed E-state index contributed by atoms with van der Waals surface area (Å²) in [5.41, 5.74) is 10.1. The van der Waals surface area contributed by atoms with Crippen LogP contribution in [0.2, 0.25) is 0 Å². The van der Waals surface area contributed by atoms with E-state index in [-0.39, 0.29) is 0 Å². The topological polar surface area (TPSA) is 26.0 Å². The van der Waals surface area contributed by atoms with Crippen LogP contribution in [-0.2, 0) is 12.0 Å². The monoisotopic (exact) mass is 237 g/mol. The van der Waals surface area contributed by atoms with Gasteiger partial charge in [0.05, 0.1) is 0 Å². The summed E-state index contributed by atoms with van der Waals surface area (Å²) in [6.45, 7) is 2.99. The molecular weight excluding hydrogens is 218 g/mol. The van der Waals surface area contributed by atoms with E-state index in [1.54, 1.807) is 0 Å². The van der Waals surface area contributed by atoms with Crippen molar-refractivity contribution in [2.45, 2.75) is 31.2 Å². The number of hydrogen-bond donors (Lipinski definition) is 1. The van der Waals surface area contributed by atoms with Crippen molar-refractivity contribution in [1.82, 2.24) is 0 Å². The second-order valence-electron chi connectivity index (χ2n) is 5.49. The molecule has 0 bridgehead atoms. The minimum Gasteiger partial charge on any atom is -0.326 e. The maximum absolute atomic E-state index is 5.64. The van der Waals surface area contributed by atoms with Gasteiger partial charge in [0.1, 0.15) is 0 Å². The summed E-state index contributed by atoms with van der Waals surface area (Å²) < 4.78 is 0. The fourth-order valence-electron chi connectivity index (χ4n) is 2.87. The van der Waals surface area contributed by atoms with E-state index in [0.29, 0.717) is 17.9 Å². The lowest BCUT2D eigenvalue weighted by atomic mass is 9.92. The predicted octanol–water partition coefficient (Wildman–Crippen LogP) is 3.59. The molecule has 2 aromatic rings. The molecule has 3 rings (SSSR count). The van der Waals surface area contributed by atoms with Crippen molar-refractivity contribution in [1.29, 1.82) is 0 Å². The first-order valence-electron chi connectivity index (χ1n) is 6.58. The van der Waals surface area contributed by atoms with Crippen molar-refractivity contribution in [2.24, 2.45) is 5.73 Å². The van der Waals surface area contributed by atoms with Gasteiger partial charge < -0.3 is 5.73 Å². The largest absolute Gasteiger partial charge is 0.326 e. The van der Waals surface area contributed by atoms with Gasteiger partial charge in [-0.1, -0.05) is 61.5 Å². The molecule has 2 aromatic carbocycles. The quantitative estimate of drug-likeness (QED) is 0.867. The van der Waals surface area contributed by atoms with Gasteiger partial charge in [-0.15, -0.1) is 0 Å². The van der Waals surface area contributed by atoms with E-state index in [9.17, 15) is 0 Å². The predicted molar refractivity (Wildman–Crippen MR) is 75.5 cm³/mol. The molecule has 0 saturated heterocycles. The van der Waals surface area contributed by atoms with E-state index in [1.165, 1.54) is 23.1 Å². The Kier molecular flexibility index (Phi) is 2.71. The molecule has 0 heterocycles. The van der Waals surface area contributed by atoms with E-state index in [1.807, 2.05) is 0 Å². The van der Waals surface area contributed by atoms with E-state index < -0.39 is 0 Å². The Morgan fingerprint density at radius 1 is 1.06 bits per heavy atom. The van der Waals surface area contributed by atoms with Gasteiger partial charge in [-0.25, -0.2) is 0 Å². The van der Waals surface area contributed by atoms with Gasteiger partial charge in [0.2, 0.25) is 0 Å². The van der Waals surface area contributed by atoms with Gasteiger partial charge in [0.25, 0.3) is 0 Å². The Morgan fingerprint density at radius 3 is 2.33 bits per heavy atom. The highest BCUT2D eigenvalue weighted by atomic mass is 14.5. The van der Waals surface area contributed by atoms with Crippen LogP contribution >= 0.6 is 0 Å². The van der Waals surface area contributed by atoms with E-state index >= 15 is 0 Å². The average Bonchev–Trinajstić information content (AvgIpc) is 3.14. The van der Waals surface area contributed by atoms with Gasteiger partial charge in [0, 0.05) is 6.54 Å². The van der Waals surface area contributed by atoms with Gasteiger partial charge in [-0.2, -0.15) is 0 Å². The Hall–Kier alpha value is -1.60. The fraction of sp³-hybridized carbons (Fsp3) is 0.294. The molecule has 1 saturated carbocycles. The molecule has 0 aliphatic heterocycles. The van der Waals surface area contributed by atoms with E-state index in [0.717, 1.165) is 0 Å². The minimum atomic E-state index is 0.325. The Labute approximate surface area is 109 Å². The van der Waals surface area contributed by atoms with Crippen molar-refractivity contribution >= 4 is 0 Å². The molecule has 1 aliphatic carbocycles. The molecule has 2 unspecified atom stereocenters. The first kappa shape index (κ1) is 11.5. The average molecular weight is 237 g/mol. The summed E-state index contributed by atoms with van der Waals surface area (Å²) in [6.07, 6.45) is 1.25. The molecule has 0 spiro atoms. The van der Waals surface area contributed by atoms with Crippen LogP contribution in [0.4, 0.5) is 0 Å². The Morgan fingerprint density at radius 2 is 1.72 bits per heavy atom. The summed E-state index contributed by atoms with van der Waals surface area (Å²) in [5.74, 6) is 0.659. The lowest BCUT2D eigenvalue weighted by molar-refractivity contribution is 0.748. The standard InChI is InChI=1S/C17H19N/c1-17(15-5-3-2-4-6-15)11-16(17)14-9-7-13(12-18)8-10-14/h2-10,16H,11-12,18H2,1H3. The number of nitrogens with two attached hydrogens (primary N) is 1. The normalized spacial score (nSPS) is 26.0. The molecule has 1 nitrogen and oxygen atoms in total. The lowest BCUT2D eigenvalue weighted by Gasteiger charge is -2.12. The lowest BCUT2D eigenvalue weighted by Crippen LogP contribution is -2.03. The third-order valence-electron chi connectivity index (χ3n) is 4.29. The highest BCUT2D eigenvalue weighted by molar-refractivity contribution is 5.42. The number of benzene rings is 2. The van der Waals surface area contributed by atoms with Crippen LogP contribution in [0.25, 0.3) is 0 Å². The van der Waals surface area contributed by atoms with Crippen LogP contribution in [0.1, 0.15) is 36.0 Å². The molecule has 1 heteroatoms. The maximum Gasteiger partial charge on any atom is 0.0178 e. The smallest absolute Gasteiger partial charge is 0.0178 e. The van der Waals surface area contributed by atoms with Crippen LogP contribution in [0.5, 0.6) is 0 Å².